The summed E-state index contributed by atoms with van der Waals surface area (Å²) in [6.07, 6.45) is 6.45. The lowest BCUT2D eigenvalue weighted by Gasteiger charge is -2.31. The molecule has 10 aromatic carbocycles. The number of rotatable bonds is 8. The van der Waals surface area contributed by atoms with Crippen LogP contribution < -0.4 is 4.90 Å². The van der Waals surface area contributed by atoms with E-state index in [0.29, 0.717) is 5.92 Å². The standard InChI is InChI=1S/C64H48N2S/c1-3-18-43(19-4-1)50-28-15-20-45-21-16-30-55(63(45)50)53-26-9-13-33-59(53)65(48-39-36-44(37-40-48)51-29-17-35-62-64(51)56-27-10-14-34-61(56)67-62)57-31-11-7-24-49(57)46-38-41-54-52-25-8-12-32-58(52)66(60(54)42-46)47-22-5-2-6-23-47/h2,5-17,20-43H,1,3-4,18-19H2. The third kappa shape index (κ3) is 6.76. The van der Waals surface area contributed by atoms with Crippen molar-refractivity contribution in [3.63, 3.8) is 0 Å². The minimum absolute atomic E-state index is 0.571. The Bertz CT molecular complexity index is 3790. The Labute approximate surface area is 395 Å². The van der Waals surface area contributed by atoms with E-state index in [2.05, 4.69) is 234 Å². The maximum atomic E-state index is 2.52. The van der Waals surface area contributed by atoms with Gasteiger partial charge in [0.25, 0.3) is 0 Å². The summed E-state index contributed by atoms with van der Waals surface area (Å²) in [6, 6.07) is 83.6. The second kappa shape index (κ2) is 16.6. The topological polar surface area (TPSA) is 8.17 Å². The van der Waals surface area contributed by atoms with Gasteiger partial charge in [-0.2, -0.15) is 0 Å². The SMILES string of the molecule is c1ccc(-n2c3ccccc3c3ccc(-c4ccccc4N(c4ccc(-c5cccc6sc7ccccc7c56)cc4)c4ccccc4-c4cccc5cccc(C6CCCCC6)c45)cc32)cc1. The fraction of sp³-hybridized carbons (Fsp3) is 0.0938. The number of thiophene rings is 1. The molecule has 0 saturated heterocycles. The van der Waals surface area contributed by atoms with Gasteiger partial charge in [-0.3, -0.25) is 0 Å². The number of anilines is 3. The van der Waals surface area contributed by atoms with E-state index < -0.39 is 0 Å². The van der Waals surface area contributed by atoms with Crippen LogP contribution in [0.4, 0.5) is 17.1 Å². The molecule has 0 N–H and O–H groups in total. The summed E-state index contributed by atoms with van der Waals surface area (Å²) >= 11 is 1.87. The molecule has 1 aliphatic carbocycles. The van der Waals surface area contributed by atoms with Gasteiger partial charge >= 0.3 is 0 Å². The molecule has 0 atom stereocenters. The number of para-hydroxylation sites is 4. The highest BCUT2D eigenvalue weighted by atomic mass is 32.1. The second-order valence-electron chi connectivity index (χ2n) is 18.2. The lowest BCUT2D eigenvalue weighted by Crippen LogP contribution is -2.12. The average Bonchev–Trinajstić information content (AvgIpc) is 3.95. The Hall–Kier alpha value is -7.72. The normalized spacial score (nSPS) is 13.3. The molecule has 1 aliphatic rings. The van der Waals surface area contributed by atoms with Gasteiger partial charge in [0.15, 0.2) is 0 Å². The molecule has 0 radical (unpaired) electrons. The van der Waals surface area contributed by atoms with Gasteiger partial charge in [0, 0.05) is 53.4 Å². The van der Waals surface area contributed by atoms with Gasteiger partial charge in [-0.15, -0.1) is 11.3 Å². The van der Waals surface area contributed by atoms with Crippen LogP contribution in [0.1, 0.15) is 43.6 Å². The summed E-state index contributed by atoms with van der Waals surface area (Å²) in [7, 11) is 0. The average molecular weight is 877 g/mol. The zero-order chi connectivity index (χ0) is 44.3. The van der Waals surface area contributed by atoms with Crippen LogP contribution in [0.15, 0.2) is 224 Å². The van der Waals surface area contributed by atoms with Crippen LogP contribution in [0.5, 0.6) is 0 Å². The minimum atomic E-state index is 0.571. The van der Waals surface area contributed by atoms with E-state index in [0.717, 1.165) is 22.7 Å². The molecule has 13 rings (SSSR count). The zero-order valence-corrected chi connectivity index (χ0v) is 38.1. The lowest BCUT2D eigenvalue weighted by atomic mass is 9.80. The molecule has 320 valence electrons. The highest BCUT2D eigenvalue weighted by Gasteiger charge is 2.25. The number of hydrogen-bond donors (Lipinski definition) is 0. The van der Waals surface area contributed by atoms with Crippen molar-refractivity contribution in [1.82, 2.24) is 4.57 Å². The molecule has 67 heavy (non-hydrogen) atoms. The van der Waals surface area contributed by atoms with E-state index in [1.165, 1.54) is 124 Å². The van der Waals surface area contributed by atoms with E-state index in [1.54, 1.807) is 0 Å². The predicted molar refractivity (Wildman–Crippen MR) is 288 cm³/mol. The van der Waals surface area contributed by atoms with E-state index in [-0.39, 0.29) is 0 Å². The van der Waals surface area contributed by atoms with E-state index in [1.807, 2.05) is 11.3 Å². The van der Waals surface area contributed by atoms with Gasteiger partial charge < -0.3 is 9.47 Å². The molecule has 0 aliphatic heterocycles. The Morgan fingerprint density at radius 3 is 1.85 bits per heavy atom. The van der Waals surface area contributed by atoms with Crippen molar-refractivity contribution in [3.8, 4) is 39.1 Å². The fourth-order valence-corrected chi connectivity index (χ4v) is 12.5. The van der Waals surface area contributed by atoms with Crippen LogP contribution in [0, 0.1) is 0 Å². The number of nitrogens with zero attached hydrogens (tertiary/aromatic N) is 2. The van der Waals surface area contributed by atoms with Crippen molar-refractivity contribution in [1.29, 1.82) is 0 Å². The predicted octanol–water partition coefficient (Wildman–Crippen LogP) is 18.8. The van der Waals surface area contributed by atoms with Crippen LogP contribution in [-0.4, -0.2) is 4.57 Å². The van der Waals surface area contributed by atoms with Gasteiger partial charge in [-0.05, 0) is 118 Å². The molecule has 2 aromatic heterocycles. The Balaban J connectivity index is 1.03. The largest absolute Gasteiger partial charge is 0.309 e. The quantitative estimate of drug-likeness (QED) is 0.148. The van der Waals surface area contributed by atoms with Crippen molar-refractivity contribution in [3.05, 3.63) is 230 Å². The zero-order valence-electron chi connectivity index (χ0n) is 37.3. The first-order valence-electron chi connectivity index (χ1n) is 23.9. The monoisotopic (exact) mass is 876 g/mol. The number of hydrogen-bond acceptors (Lipinski definition) is 2. The molecule has 2 nitrogen and oxygen atoms in total. The third-order valence-corrected chi connectivity index (χ3v) is 15.5. The number of aromatic nitrogens is 1. The van der Waals surface area contributed by atoms with Crippen molar-refractivity contribution in [2.45, 2.75) is 38.0 Å². The van der Waals surface area contributed by atoms with Gasteiger partial charge in [0.05, 0.1) is 22.4 Å². The molecule has 2 heterocycles. The summed E-state index contributed by atoms with van der Waals surface area (Å²) in [5.74, 6) is 0.571. The summed E-state index contributed by atoms with van der Waals surface area (Å²) in [6.45, 7) is 0. The molecule has 1 saturated carbocycles. The number of fused-ring (bicyclic) bond motifs is 7. The first-order valence-corrected chi connectivity index (χ1v) is 24.7. The lowest BCUT2D eigenvalue weighted by molar-refractivity contribution is 0.445. The Morgan fingerprint density at radius 1 is 0.403 bits per heavy atom. The fourth-order valence-electron chi connectivity index (χ4n) is 11.4. The maximum absolute atomic E-state index is 2.52. The van der Waals surface area contributed by atoms with Crippen molar-refractivity contribution >= 4 is 81.1 Å². The Morgan fingerprint density at radius 2 is 1.01 bits per heavy atom. The van der Waals surface area contributed by atoms with Crippen molar-refractivity contribution in [2.75, 3.05) is 4.90 Å². The summed E-state index contributed by atoms with van der Waals surface area (Å²) < 4.78 is 5.06. The Kier molecular flexibility index (Phi) is 9.83. The van der Waals surface area contributed by atoms with Gasteiger partial charge in [0.2, 0.25) is 0 Å². The van der Waals surface area contributed by atoms with Gasteiger partial charge in [-0.25, -0.2) is 0 Å². The summed E-state index contributed by atoms with van der Waals surface area (Å²) in [5.41, 5.74) is 15.8. The highest BCUT2D eigenvalue weighted by Crippen LogP contribution is 2.49. The van der Waals surface area contributed by atoms with Gasteiger partial charge in [0.1, 0.15) is 0 Å². The minimum Gasteiger partial charge on any atom is -0.309 e. The third-order valence-electron chi connectivity index (χ3n) is 14.4. The van der Waals surface area contributed by atoms with E-state index >= 15 is 0 Å². The number of benzene rings is 10. The van der Waals surface area contributed by atoms with Crippen LogP contribution in [0.3, 0.4) is 0 Å². The van der Waals surface area contributed by atoms with E-state index in [9.17, 15) is 0 Å². The smallest absolute Gasteiger partial charge is 0.0547 e. The first kappa shape index (κ1) is 39.6. The molecule has 0 unspecified atom stereocenters. The maximum Gasteiger partial charge on any atom is 0.0547 e. The molecule has 0 spiro atoms. The summed E-state index contributed by atoms with van der Waals surface area (Å²) in [5, 5.41) is 7.85. The van der Waals surface area contributed by atoms with Crippen LogP contribution in [0.2, 0.25) is 0 Å². The molecule has 12 aromatic rings. The molecule has 0 bridgehead atoms. The molecule has 3 heteroatoms. The molecular weight excluding hydrogens is 829 g/mol. The van der Waals surface area contributed by atoms with Crippen molar-refractivity contribution in [2.24, 2.45) is 0 Å². The molecule has 1 fully saturated rings. The van der Waals surface area contributed by atoms with Crippen LogP contribution in [-0.2, 0) is 0 Å². The van der Waals surface area contributed by atoms with Crippen LogP contribution >= 0.6 is 11.3 Å². The van der Waals surface area contributed by atoms with E-state index in [4.69, 9.17) is 0 Å². The second-order valence-corrected chi connectivity index (χ2v) is 19.3. The molecular formula is C64H48N2S. The van der Waals surface area contributed by atoms with Crippen LogP contribution in [0.25, 0.3) is 91.8 Å². The molecule has 0 amide bonds. The first-order chi connectivity index (χ1) is 33.3. The highest BCUT2D eigenvalue weighted by molar-refractivity contribution is 7.25. The van der Waals surface area contributed by atoms with Crippen molar-refractivity contribution < 1.29 is 0 Å². The summed E-state index contributed by atoms with van der Waals surface area (Å²) in [4.78, 5) is 2.52. The van der Waals surface area contributed by atoms with Gasteiger partial charge in [-0.1, -0.05) is 183 Å².